The number of carbonyl (C=O) groups excluding carboxylic acids is 1. The zero-order valence-corrected chi connectivity index (χ0v) is 12.1. The number of esters is 1. The Morgan fingerprint density at radius 2 is 2.35 bits per heavy atom. The fourth-order valence-electron chi connectivity index (χ4n) is 1.56. The van der Waals surface area contributed by atoms with Crippen molar-refractivity contribution in [1.29, 1.82) is 0 Å². The molecule has 0 aromatic carbocycles. The van der Waals surface area contributed by atoms with Crippen LogP contribution in [0.25, 0.3) is 0 Å². The summed E-state index contributed by atoms with van der Waals surface area (Å²) < 4.78 is 16.7. The van der Waals surface area contributed by atoms with Gasteiger partial charge in [-0.2, -0.15) is 0 Å². The highest BCUT2D eigenvalue weighted by molar-refractivity contribution is 7.98. The van der Waals surface area contributed by atoms with Crippen molar-refractivity contribution in [3.63, 3.8) is 0 Å². The van der Waals surface area contributed by atoms with Gasteiger partial charge >= 0.3 is 5.97 Å². The molecule has 108 valence electrons. The molecule has 0 aliphatic rings. The van der Waals surface area contributed by atoms with Gasteiger partial charge in [-0.05, 0) is 6.07 Å². The maximum absolute atomic E-state index is 11.5. The highest BCUT2D eigenvalue weighted by Gasteiger charge is 2.16. The van der Waals surface area contributed by atoms with E-state index in [1.165, 1.54) is 25.1 Å². The Morgan fingerprint density at radius 3 is 3.10 bits per heavy atom. The molecule has 2 heterocycles. The smallest absolute Gasteiger partial charge is 0.374 e. The first-order valence-electron chi connectivity index (χ1n) is 5.90. The maximum atomic E-state index is 11.5. The Labute approximate surface area is 120 Å². The van der Waals surface area contributed by atoms with E-state index in [0.717, 1.165) is 10.7 Å². The van der Waals surface area contributed by atoms with Crippen molar-refractivity contribution in [2.45, 2.75) is 17.5 Å². The summed E-state index contributed by atoms with van der Waals surface area (Å²) in [4.78, 5) is 11.5. The first kappa shape index (κ1) is 14.6. The van der Waals surface area contributed by atoms with Crippen LogP contribution in [0.15, 0.2) is 28.2 Å². The lowest BCUT2D eigenvalue weighted by atomic mass is 10.3. The molecule has 0 fully saturated rings. The Balaban J connectivity index is 2.00. The summed E-state index contributed by atoms with van der Waals surface area (Å²) >= 11 is 1.47. The third-order valence-corrected chi connectivity index (χ3v) is 3.62. The minimum absolute atomic E-state index is 0.225. The SMILES string of the molecule is COCCn1cnnc1SCc1ccoc1C(=O)OC. The second-order valence-electron chi connectivity index (χ2n) is 3.85. The molecule has 2 aromatic rings. The highest BCUT2D eigenvalue weighted by Crippen LogP contribution is 2.23. The number of carbonyl (C=O) groups is 1. The molecule has 0 unspecified atom stereocenters. The average molecular weight is 297 g/mol. The van der Waals surface area contributed by atoms with E-state index in [2.05, 4.69) is 14.9 Å². The Morgan fingerprint density at radius 1 is 1.50 bits per heavy atom. The normalized spacial score (nSPS) is 10.7. The third kappa shape index (κ3) is 3.40. The summed E-state index contributed by atoms with van der Waals surface area (Å²) in [6, 6.07) is 1.75. The second-order valence-corrected chi connectivity index (χ2v) is 4.80. The molecule has 0 aliphatic heterocycles. The summed E-state index contributed by atoms with van der Waals surface area (Å²) in [5.74, 6) is 0.293. The molecule has 7 nitrogen and oxygen atoms in total. The number of nitrogens with zero attached hydrogens (tertiary/aromatic N) is 3. The Kier molecular flexibility index (Phi) is 5.19. The molecule has 20 heavy (non-hydrogen) atoms. The van der Waals surface area contributed by atoms with E-state index >= 15 is 0 Å². The van der Waals surface area contributed by atoms with Gasteiger partial charge in [-0.3, -0.25) is 0 Å². The van der Waals surface area contributed by atoms with Gasteiger partial charge in [0.05, 0.1) is 20.0 Å². The molecular formula is C12H15N3O4S. The van der Waals surface area contributed by atoms with Gasteiger partial charge in [0.1, 0.15) is 6.33 Å². The summed E-state index contributed by atoms with van der Waals surface area (Å²) in [6.45, 7) is 1.27. The molecule has 8 heteroatoms. The number of rotatable bonds is 7. The summed E-state index contributed by atoms with van der Waals surface area (Å²) in [5, 5.41) is 8.67. The molecule has 0 saturated heterocycles. The minimum atomic E-state index is -0.480. The molecule has 0 bridgehead atoms. The number of furan rings is 1. The van der Waals surface area contributed by atoms with Gasteiger partial charge in [0.25, 0.3) is 0 Å². The second kappa shape index (κ2) is 7.11. The number of methoxy groups -OCH3 is 2. The molecular weight excluding hydrogens is 282 g/mol. The van der Waals surface area contributed by atoms with Crippen LogP contribution in [0.2, 0.25) is 0 Å². The van der Waals surface area contributed by atoms with Crippen LogP contribution in [0, 0.1) is 0 Å². The van der Waals surface area contributed by atoms with Gasteiger partial charge in [-0.15, -0.1) is 10.2 Å². The minimum Gasteiger partial charge on any atom is -0.463 e. The van der Waals surface area contributed by atoms with Gasteiger partial charge < -0.3 is 18.5 Å². The van der Waals surface area contributed by atoms with E-state index in [9.17, 15) is 4.79 Å². The van der Waals surface area contributed by atoms with E-state index < -0.39 is 5.97 Å². The fourth-order valence-corrected chi connectivity index (χ4v) is 2.48. The van der Waals surface area contributed by atoms with Crippen LogP contribution < -0.4 is 0 Å². The predicted molar refractivity (Wildman–Crippen MR) is 71.5 cm³/mol. The van der Waals surface area contributed by atoms with Crippen molar-refractivity contribution in [3.8, 4) is 0 Å². The predicted octanol–water partition coefficient (Wildman–Crippen LogP) is 1.60. The lowest BCUT2D eigenvalue weighted by Crippen LogP contribution is -2.05. The quantitative estimate of drug-likeness (QED) is 0.567. The number of aromatic nitrogens is 3. The van der Waals surface area contributed by atoms with Crippen molar-refractivity contribution in [3.05, 3.63) is 30.0 Å². The van der Waals surface area contributed by atoms with Crippen molar-refractivity contribution < 1.29 is 18.7 Å². The van der Waals surface area contributed by atoms with E-state index in [4.69, 9.17) is 9.15 Å². The maximum Gasteiger partial charge on any atom is 0.374 e. The summed E-state index contributed by atoms with van der Waals surface area (Å²) in [7, 11) is 2.97. The number of hydrogen-bond acceptors (Lipinski definition) is 7. The monoisotopic (exact) mass is 297 g/mol. The zero-order valence-electron chi connectivity index (χ0n) is 11.2. The van der Waals surface area contributed by atoms with Crippen molar-refractivity contribution in [2.75, 3.05) is 20.8 Å². The van der Waals surface area contributed by atoms with Gasteiger partial charge in [0, 0.05) is 25.0 Å². The number of ether oxygens (including phenoxy) is 2. The van der Waals surface area contributed by atoms with Crippen molar-refractivity contribution in [1.82, 2.24) is 14.8 Å². The molecule has 0 atom stereocenters. The van der Waals surface area contributed by atoms with Crippen LogP contribution in [0.3, 0.4) is 0 Å². The lowest BCUT2D eigenvalue weighted by Gasteiger charge is -2.05. The van der Waals surface area contributed by atoms with E-state index in [1.54, 1.807) is 19.5 Å². The first-order chi connectivity index (χ1) is 9.76. The lowest BCUT2D eigenvalue weighted by molar-refractivity contribution is 0.0564. The van der Waals surface area contributed by atoms with E-state index in [-0.39, 0.29) is 5.76 Å². The van der Waals surface area contributed by atoms with Crippen molar-refractivity contribution >= 4 is 17.7 Å². The first-order valence-corrected chi connectivity index (χ1v) is 6.89. The van der Waals surface area contributed by atoms with E-state index in [0.29, 0.717) is 18.9 Å². The standard InChI is InChI=1S/C12H15N3O4S/c1-17-6-4-15-8-13-14-12(15)20-7-9-3-5-19-10(9)11(16)18-2/h3,5,8H,4,6-7H2,1-2H3. The molecule has 0 spiro atoms. The topological polar surface area (TPSA) is 79.4 Å². The van der Waals surface area contributed by atoms with Crippen LogP contribution >= 0.6 is 11.8 Å². The Hall–Kier alpha value is -1.80. The summed E-state index contributed by atoms with van der Waals surface area (Å²) in [6.07, 6.45) is 3.12. The molecule has 0 amide bonds. The molecule has 2 aromatic heterocycles. The molecule has 2 rings (SSSR count). The molecule has 0 N–H and O–H groups in total. The largest absolute Gasteiger partial charge is 0.463 e. The fraction of sp³-hybridized carbons (Fsp3) is 0.417. The Bertz CT molecular complexity index is 567. The van der Waals surface area contributed by atoms with Gasteiger partial charge in [-0.25, -0.2) is 4.79 Å². The van der Waals surface area contributed by atoms with Crippen LogP contribution in [0.5, 0.6) is 0 Å². The van der Waals surface area contributed by atoms with Crippen LogP contribution in [0.4, 0.5) is 0 Å². The van der Waals surface area contributed by atoms with Gasteiger partial charge in [-0.1, -0.05) is 11.8 Å². The van der Waals surface area contributed by atoms with Gasteiger partial charge in [0.2, 0.25) is 5.76 Å². The number of hydrogen-bond donors (Lipinski definition) is 0. The molecule has 0 radical (unpaired) electrons. The van der Waals surface area contributed by atoms with Crippen molar-refractivity contribution in [2.24, 2.45) is 0 Å². The molecule has 0 aliphatic carbocycles. The van der Waals surface area contributed by atoms with Crippen LogP contribution in [0.1, 0.15) is 16.1 Å². The van der Waals surface area contributed by atoms with E-state index in [1.807, 2.05) is 4.57 Å². The highest BCUT2D eigenvalue weighted by atomic mass is 32.2. The number of thioether (sulfide) groups is 1. The summed E-state index contributed by atoms with van der Waals surface area (Å²) in [5.41, 5.74) is 0.767. The molecule has 0 saturated carbocycles. The zero-order chi connectivity index (χ0) is 14.4. The average Bonchev–Trinajstić information content (AvgIpc) is 3.10. The third-order valence-electron chi connectivity index (χ3n) is 2.59. The van der Waals surface area contributed by atoms with Crippen LogP contribution in [-0.2, 0) is 21.8 Å². The van der Waals surface area contributed by atoms with Crippen LogP contribution in [-0.4, -0.2) is 41.6 Å². The van der Waals surface area contributed by atoms with Gasteiger partial charge in [0.15, 0.2) is 5.16 Å².